The van der Waals surface area contributed by atoms with E-state index >= 15 is 0 Å². The van der Waals surface area contributed by atoms with E-state index in [1.165, 1.54) is 19.2 Å². The van der Waals surface area contributed by atoms with Crippen molar-refractivity contribution < 1.29 is 13.2 Å². The summed E-state index contributed by atoms with van der Waals surface area (Å²) in [6, 6.07) is 5.99. The van der Waals surface area contributed by atoms with Gasteiger partial charge in [0.25, 0.3) is 10.0 Å². The first-order valence-electron chi connectivity index (χ1n) is 10.2. The summed E-state index contributed by atoms with van der Waals surface area (Å²) in [5.41, 5.74) is 1.08. The smallest absolute Gasteiger partial charge is 0.263 e. The number of hydrogen-bond donors (Lipinski definition) is 1. The Morgan fingerprint density at radius 1 is 1.31 bits per heavy atom. The van der Waals surface area contributed by atoms with E-state index in [0.717, 1.165) is 41.9 Å². The summed E-state index contributed by atoms with van der Waals surface area (Å²) < 4.78 is 37.5. The second kappa shape index (κ2) is 8.20. The first-order valence-corrected chi connectivity index (χ1v) is 12.4. The fourth-order valence-electron chi connectivity index (χ4n) is 4.55. The molecule has 7 nitrogen and oxygen atoms in total. The summed E-state index contributed by atoms with van der Waals surface area (Å²) in [4.78, 5) is 6.65. The molecule has 0 spiro atoms. The van der Waals surface area contributed by atoms with Crippen LogP contribution in [0, 0.1) is 11.8 Å². The highest BCUT2D eigenvalue weighted by atomic mass is 32.2. The van der Waals surface area contributed by atoms with E-state index < -0.39 is 10.0 Å². The highest BCUT2D eigenvalue weighted by Crippen LogP contribution is 2.41. The van der Waals surface area contributed by atoms with Crippen molar-refractivity contribution in [2.75, 3.05) is 17.9 Å². The first-order chi connectivity index (χ1) is 13.8. The van der Waals surface area contributed by atoms with Crippen LogP contribution in [0.2, 0.25) is 0 Å². The normalized spacial score (nSPS) is 25.4. The molecule has 2 aliphatic heterocycles. The van der Waals surface area contributed by atoms with E-state index in [2.05, 4.69) is 39.8 Å². The molecule has 0 bridgehead atoms. The number of anilines is 1. The Bertz CT molecular complexity index is 947. The van der Waals surface area contributed by atoms with Crippen LogP contribution in [0.15, 0.2) is 29.4 Å². The van der Waals surface area contributed by atoms with E-state index in [-0.39, 0.29) is 16.1 Å². The number of piperidine rings is 1. The molecule has 3 atom stereocenters. The standard InChI is InChI=1S/C20H28N4O3S2/c1-13(2)15-6-8-24(14(3)10-15)18-7-9-27-19-11-16(4-5-17(18)19)29(25,26)23-20-21-12-22-28-20/h4-5,11-15,18H,6-10H2,1-3H3,(H,21,22,23)/t14-,15-,18-/m1/s1. The minimum atomic E-state index is -3.72. The van der Waals surface area contributed by atoms with Gasteiger partial charge < -0.3 is 4.74 Å². The Balaban J connectivity index is 1.56. The molecule has 3 heterocycles. The van der Waals surface area contributed by atoms with Crippen molar-refractivity contribution in [3.05, 3.63) is 30.1 Å². The SMILES string of the molecule is CC(C)[C@@H]1CCN([C@@H]2CCOc3cc(S(=O)(=O)Nc4ncns4)ccc32)[C@H](C)C1. The molecule has 158 valence electrons. The zero-order valence-corrected chi connectivity index (χ0v) is 18.7. The maximum atomic E-state index is 12.7. The molecule has 1 N–H and O–H groups in total. The highest BCUT2D eigenvalue weighted by molar-refractivity contribution is 7.93. The topological polar surface area (TPSA) is 84.4 Å². The molecule has 1 saturated heterocycles. The van der Waals surface area contributed by atoms with Gasteiger partial charge in [0.2, 0.25) is 5.13 Å². The van der Waals surface area contributed by atoms with Gasteiger partial charge in [0.05, 0.1) is 11.5 Å². The van der Waals surface area contributed by atoms with E-state index in [4.69, 9.17) is 4.74 Å². The molecule has 0 saturated carbocycles. The molecule has 2 aromatic rings. The number of likely N-dealkylation sites (tertiary alicyclic amines) is 1. The number of ether oxygens (including phenoxy) is 1. The van der Waals surface area contributed by atoms with Gasteiger partial charge in [-0.25, -0.2) is 13.4 Å². The molecular weight excluding hydrogens is 408 g/mol. The lowest BCUT2D eigenvalue weighted by Crippen LogP contribution is -2.45. The van der Waals surface area contributed by atoms with Gasteiger partial charge in [-0.3, -0.25) is 9.62 Å². The number of rotatable bonds is 5. The van der Waals surface area contributed by atoms with Gasteiger partial charge in [-0.05, 0) is 44.2 Å². The molecule has 4 rings (SSSR count). The quantitative estimate of drug-likeness (QED) is 0.765. The lowest BCUT2D eigenvalue weighted by atomic mass is 9.82. The fraction of sp³-hybridized carbons (Fsp3) is 0.600. The van der Waals surface area contributed by atoms with Gasteiger partial charge in [0.1, 0.15) is 12.1 Å². The summed E-state index contributed by atoms with van der Waals surface area (Å²) in [6.45, 7) is 8.62. The largest absolute Gasteiger partial charge is 0.493 e. The van der Waals surface area contributed by atoms with Crippen LogP contribution in [-0.2, 0) is 10.0 Å². The van der Waals surface area contributed by atoms with Crippen LogP contribution < -0.4 is 9.46 Å². The van der Waals surface area contributed by atoms with Crippen LogP contribution in [0.3, 0.4) is 0 Å². The van der Waals surface area contributed by atoms with Crippen molar-refractivity contribution in [2.45, 2.75) is 57.0 Å². The van der Waals surface area contributed by atoms with Crippen LogP contribution in [0.5, 0.6) is 5.75 Å². The number of nitrogens with one attached hydrogen (secondary N) is 1. The molecule has 1 aromatic heterocycles. The van der Waals surface area contributed by atoms with Crippen LogP contribution in [-0.4, -0.2) is 41.9 Å². The maximum absolute atomic E-state index is 12.7. The van der Waals surface area contributed by atoms with Crippen LogP contribution in [0.1, 0.15) is 51.6 Å². The molecule has 0 radical (unpaired) electrons. The van der Waals surface area contributed by atoms with Crippen LogP contribution in [0.25, 0.3) is 0 Å². The third-order valence-electron chi connectivity index (χ3n) is 6.20. The van der Waals surface area contributed by atoms with Crippen LogP contribution in [0.4, 0.5) is 5.13 Å². The molecule has 1 fully saturated rings. The van der Waals surface area contributed by atoms with Gasteiger partial charge in [0, 0.05) is 41.7 Å². The second-order valence-electron chi connectivity index (χ2n) is 8.32. The van der Waals surface area contributed by atoms with Gasteiger partial charge in [-0.2, -0.15) is 4.37 Å². The third kappa shape index (κ3) is 4.27. The first kappa shape index (κ1) is 20.6. The Kier molecular flexibility index (Phi) is 5.81. The number of sulfonamides is 1. The van der Waals surface area contributed by atoms with Crippen molar-refractivity contribution >= 4 is 26.7 Å². The van der Waals surface area contributed by atoms with Crippen molar-refractivity contribution in [1.29, 1.82) is 0 Å². The highest BCUT2D eigenvalue weighted by Gasteiger charge is 2.35. The number of fused-ring (bicyclic) bond motifs is 1. The Hall–Kier alpha value is -1.71. The molecule has 0 unspecified atom stereocenters. The van der Waals surface area contributed by atoms with Crippen molar-refractivity contribution in [2.24, 2.45) is 11.8 Å². The minimum absolute atomic E-state index is 0.179. The molecule has 2 aliphatic rings. The lowest BCUT2D eigenvalue weighted by Gasteiger charge is -2.45. The predicted octanol–water partition coefficient (Wildman–Crippen LogP) is 3.92. The zero-order chi connectivity index (χ0) is 20.6. The number of benzene rings is 1. The fourth-order valence-corrected chi connectivity index (χ4v) is 6.23. The van der Waals surface area contributed by atoms with Gasteiger partial charge in [-0.1, -0.05) is 19.9 Å². The van der Waals surface area contributed by atoms with E-state index in [0.29, 0.717) is 18.4 Å². The van der Waals surface area contributed by atoms with E-state index in [1.54, 1.807) is 12.1 Å². The summed E-state index contributed by atoms with van der Waals surface area (Å²) in [5.74, 6) is 2.16. The molecule has 0 amide bonds. The average molecular weight is 437 g/mol. The molecule has 29 heavy (non-hydrogen) atoms. The average Bonchev–Trinajstić information content (AvgIpc) is 3.19. The number of nitrogens with zero attached hydrogens (tertiary/aromatic N) is 3. The molecule has 0 aliphatic carbocycles. The number of hydrogen-bond acceptors (Lipinski definition) is 7. The summed E-state index contributed by atoms with van der Waals surface area (Å²) in [5, 5.41) is 0.253. The molecule has 9 heteroatoms. The van der Waals surface area contributed by atoms with Crippen LogP contribution >= 0.6 is 11.5 Å². The lowest BCUT2D eigenvalue weighted by molar-refractivity contribution is 0.0438. The second-order valence-corrected chi connectivity index (χ2v) is 10.8. The third-order valence-corrected chi connectivity index (χ3v) is 8.24. The zero-order valence-electron chi connectivity index (χ0n) is 17.0. The minimum Gasteiger partial charge on any atom is -0.493 e. The summed E-state index contributed by atoms with van der Waals surface area (Å²) in [7, 11) is -3.72. The van der Waals surface area contributed by atoms with Crippen molar-refractivity contribution in [1.82, 2.24) is 14.3 Å². The summed E-state index contributed by atoms with van der Waals surface area (Å²) in [6.07, 6.45) is 4.68. The van der Waals surface area contributed by atoms with Gasteiger partial charge >= 0.3 is 0 Å². The molecular formula is C20H28N4O3S2. The molecule has 1 aromatic carbocycles. The monoisotopic (exact) mass is 436 g/mol. The Morgan fingerprint density at radius 3 is 2.83 bits per heavy atom. The number of aromatic nitrogens is 2. The predicted molar refractivity (Wildman–Crippen MR) is 114 cm³/mol. The Morgan fingerprint density at radius 2 is 2.14 bits per heavy atom. The summed E-state index contributed by atoms with van der Waals surface area (Å²) >= 11 is 1.01. The van der Waals surface area contributed by atoms with Gasteiger partial charge in [-0.15, -0.1) is 0 Å². The van der Waals surface area contributed by atoms with E-state index in [9.17, 15) is 8.42 Å². The maximum Gasteiger partial charge on any atom is 0.263 e. The van der Waals surface area contributed by atoms with Crippen molar-refractivity contribution in [3.63, 3.8) is 0 Å². The van der Waals surface area contributed by atoms with E-state index in [1.807, 2.05) is 6.07 Å². The van der Waals surface area contributed by atoms with Crippen molar-refractivity contribution in [3.8, 4) is 5.75 Å². The van der Waals surface area contributed by atoms with Gasteiger partial charge in [0.15, 0.2) is 0 Å². The Labute approximate surface area is 176 Å².